The van der Waals surface area contributed by atoms with E-state index in [2.05, 4.69) is 15.0 Å². The summed E-state index contributed by atoms with van der Waals surface area (Å²) in [7, 11) is 0. The molecule has 134 valence electrons. The zero-order chi connectivity index (χ0) is 16.4. The third-order valence-corrected chi connectivity index (χ3v) is 4.12. The van der Waals surface area contributed by atoms with Gasteiger partial charge in [0.15, 0.2) is 5.96 Å². The number of nitrogens with zero attached hydrogens (tertiary/aromatic N) is 1. The van der Waals surface area contributed by atoms with Gasteiger partial charge in [-0.3, -0.25) is 0 Å². The summed E-state index contributed by atoms with van der Waals surface area (Å²) in [6.07, 6.45) is -1.40. The Kier molecular flexibility index (Phi) is 6.18. The molecule has 0 aromatic heterocycles. The molecule has 2 fully saturated rings. The van der Waals surface area contributed by atoms with E-state index in [1.54, 1.807) is 0 Å². The van der Waals surface area contributed by atoms with Gasteiger partial charge in [0.2, 0.25) is 0 Å². The van der Waals surface area contributed by atoms with Gasteiger partial charge in [0.25, 0.3) is 0 Å². The number of halogens is 4. The molecule has 0 spiro atoms. The Bertz CT molecular complexity index is 580. The molecule has 3 N–H and O–H groups in total. The minimum absolute atomic E-state index is 0. The number of nitrogens with two attached hydrogens (primary N) is 1. The van der Waals surface area contributed by atoms with E-state index in [0.29, 0.717) is 17.7 Å². The van der Waals surface area contributed by atoms with Crippen LogP contribution in [0.25, 0.3) is 0 Å². The van der Waals surface area contributed by atoms with Gasteiger partial charge in [0, 0.05) is 18.2 Å². The number of fused-ring (bicyclic) bond motifs is 1. The Labute approximate surface area is 154 Å². The van der Waals surface area contributed by atoms with Crippen LogP contribution in [0, 0.1) is 5.92 Å². The lowest BCUT2D eigenvalue weighted by atomic mass is 9.73. The first kappa shape index (κ1) is 19.1. The minimum atomic E-state index is -4.70. The molecule has 1 aromatic rings. The molecule has 2 aliphatic rings. The van der Waals surface area contributed by atoms with Crippen molar-refractivity contribution in [3.63, 3.8) is 0 Å². The zero-order valence-corrected chi connectivity index (χ0v) is 15.1. The van der Waals surface area contributed by atoms with E-state index in [1.807, 2.05) is 0 Å². The summed E-state index contributed by atoms with van der Waals surface area (Å²) in [5.74, 6) is 0.398. The molecule has 3 rings (SSSR count). The molecule has 1 aromatic carbocycles. The van der Waals surface area contributed by atoms with Crippen LogP contribution < -0.4 is 15.8 Å². The minimum Gasteiger partial charge on any atom is -0.406 e. The molecular formula is C15H19F3IN3O2. The van der Waals surface area contributed by atoms with Crippen molar-refractivity contribution in [2.24, 2.45) is 16.6 Å². The number of ether oxygens (including phenoxy) is 2. The van der Waals surface area contributed by atoms with E-state index in [9.17, 15) is 13.2 Å². The molecule has 0 radical (unpaired) electrons. The van der Waals surface area contributed by atoms with E-state index < -0.39 is 6.36 Å². The van der Waals surface area contributed by atoms with Crippen molar-refractivity contribution in [1.29, 1.82) is 0 Å². The van der Waals surface area contributed by atoms with Crippen LogP contribution >= 0.6 is 24.0 Å². The first-order valence-corrected chi connectivity index (χ1v) is 7.48. The first-order chi connectivity index (χ1) is 10.9. The normalized spacial score (nSPS) is 26.6. The highest BCUT2D eigenvalue weighted by atomic mass is 127. The number of rotatable bonds is 3. The molecule has 3 atom stereocenters. The average molecular weight is 457 g/mol. The Balaban J connectivity index is 0.00000208. The number of guanidine groups is 1. The lowest BCUT2D eigenvalue weighted by Crippen LogP contribution is -2.49. The molecule has 24 heavy (non-hydrogen) atoms. The lowest BCUT2D eigenvalue weighted by Gasteiger charge is -2.45. The van der Waals surface area contributed by atoms with Crippen LogP contribution in [0.2, 0.25) is 0 Å². The van der Waals surface area contributed by atoms with Gasteiger partial charge in [-0.05, 0) is 43.5 Å². The third-order valence-electron chi connectivity index (χ3n) is 4.12. The van der Waals surface area contributed by atoms with Gasteiger partial charge in [-0.2, -0.15) is 0 Å². The Morgan fingerprint density at radius 3 is 2.62 bits per heavy atom. The number of benzene rings is 1. The average Bonchev–Trinajstić information content (AvgIpc) is 2.45. The maximum atomic E-state index is 12.1. The van der Waals surface area contributed by atoms with Gasteiger partial charge in [0.05, 0.1) is 12.1 Å². The lowest BCUT2D eigenvalue weighted by molar-refractivity contribution is -0.274. The van der Waals surface area contributed by atoms with Gasteiger partial charge in [-0.15, -0.1) is 37.1 Å². The molecule has 5 nitrogen and oxygen atoms in total. The topological polar surface area (TPSA) is 68.9 Å². The second-order valence-electron chi connectivity index (χ2n) is 5.73. The van der Waals surface area contributed by atoms with Crippen LogP contribution in [0.3, 0.4) is 0 Å². The largest absolute Gasteiger partial charge is 0.573 e. The van der Waals surface area contributed by atoms with Crippen LogP contribution in [0.4, 0.5) is 18.9 Å². The summed E-state index contributed by atoms with van der Waals surface area (Å²) < 4.78 is 45.7. The number of nitrogens with one attached hydrogen (secondary N) is 1. The van der Waals surface area contributed by atoms with Crippen molar-refractivity contribution in [2.45, 2.75) is 37.8 Å². The van der Waals surface area contributed by atoms with Gasteiger partial charge in [-0.1, -0.05) is 0 Å². The molecular weight excluding hydrogens is 438 g/mol. The van der Waals surface area contributed by atoms with Crippen molar-refractivity contribution < 1.29 is 22.6 Å². The maximum absolute atomic E-state index is 12.1. The van der Waals surface area contributed by atoms with E-state index in [-0.39, 0.29) is 41.7 Å². The van der Waals surface area contributed by atoms with Crippen molar-refractivity contribution in [3.8, 4) is 5.75 Å². The quantitative estimate of drug-likeness (QED) is 0.415. The molecule has 1 saturated carbocycles. The maximum Gasteiger partial charge on any atom is 0.573 e. The fourth-order valence-corrected chi connectivity index (χ4v) is 3.01. The molecule has 3 unspecified atom stereocenters. The fourth-order valence-electron chi connectivity index (χ4n) is 3.01. The molecule has 9 heteroatoms. The van der Waals surface area contributed by atoms with Crippen molar-refractivity contribution >= 4 is 35.6 Å². The number of anilines is 1. The highest BCUT2D eigenvalue weighted by Gasteiger charge is 2.43. The number of aliphatic imine (C=N–C) groups is 1. The second-order valence-corrected chi connectivity index (χ2v) is 5.73. The van der Waals surface area contributed by atoms with E-state index in [1.165, 1.54) is 24.3 Å². The van der Waals surface area contributed by atoms with Crippen molar-refractivity contribution in [2.75, 3.05) is 11.9 Å². The van der Waals surface area contributed by atoms with Crippen LogP contribution in [-0.2, 0) is 4.74 Å². The summed E-state index contributed by atoms with van der Waals surface area (Å²) >= 11 is 0. The van der Waals surface area contributed by atoms with Crippen molar-refractivity contribution in [1.82, 2.24) is 0 Å². The molecule has 0 bridgehead atoms. The van der Waals surface area contributed by atoms with E-state index in [0.717, 1.165) is 25.9 Å². The highest BCUT2D eigenvalue weighted by molar-refractivity contribution is 14.0. The summed E-state index contributed by atoms with van der Waals surface area (Å²) in [4.78, 5) is 4.44. The first-order valence-electron chi connectivity index (χ1n) is 7.48. The monoisotopic (exact) mass is 457 g/mol. The molecule has 1 saturated heterocycles. The summed E-state index contributed by atoms with van der Waals surface area (Å²) in [5, 5.41) is 2.88. The number of hydrogen-bond donors (Lipinski definition) is 2. The fraction of sp³-hybridized carbons (Fsp3) is 0.533. The summed E-state index contributed by atoms with van der Waals surface area (Å²) in [5.41, 5.74) is 6.42. The standard InChI is InChI=1S/C15H18F3N3O2.HI/c16-15(17,18)23-10-5-3-9(4-6-10)20-14(19)21-12-8-13-11(12)2-1-7-22-13;/h3-6,11-13H,1-2,7-8H2,(H3,19,20,21);1H. The molecule has 1 heterocycles. The van der Waals surface area contributed by atoms with Crippen LogP contribution in [0.1, 0.15) is 19.3 Å². The second kappa shape index (κ2) is 7.77. The number of hydrogen-bond acceptors (Lipinski definition) is 3. The Morgan fingerprint density at radius 1 is 1.29 bits per heavy atom. The highest BCUT2D eigenvalue weighted by Crippen LogP contribution is 2.39. The van der Waals surface area contributed by atoms with Gasteiger partial charge >= 0.3 is 6.36 Å². The predicted molar refractivity (Wildman–Crippen MR) is 94.7 cm³/mol. The summed E-state index contributed by atoms with van der Waals surface area (Å²) in [6, 6.07) is 5.50. The summed E-state index contributed by atoms with van der Waals surface area (Å²) in [6.45, 7) is 0.817. The SMILES string of the molecule is I.NC(=NC1CC2OCCCC12)Nc1ccc(OC(F)(F)F)cc1. The van der Waals surface area contributed by atoms with Crippen molar-refractivity contribution in [3.05, 3.63) is 24.3 Å². The predicted octanol–water partition coefficient (Wildman–Crippen LogP) is 3.50. The van der Waals surface area contributed by atoms with E-state index >= 15 is 0 Å². The molecule has 1 aliphatic heterocycles. The Hall–Kier alpha value is -1.23. The van der Waals surface area contributed by atoms with Crippen LogP contribution in [0.15, 0.2) is 29.3 Å². The van der Waals surface area contributed by atoms with E-state index in [4.69, 9.17) is 10.5 Å². The van der Waals surface area contributed by atoms with Gasteiger partial charge in [-0.25, -0.2) is 4.99 Å². The van der Waals surface area contributed by atoms with Gasteiger partial charge < -0.3 is 20.5 Å². The molecule has 0 amide bonds. The van der Waals surface area contributed by atoms with Crippen LogP contribution in [-0.4, -0.2) is 31.1 Å². The number of alkyl halides is 3. The Morgan fingerprint density at radius 2 is 2.00 bits per heavy atom. The third kappa shape index (κ3) is 4.88. The molecule has 1 aliphatic carbocycles. The smallest absolute Gasteiger partial charge is 0.406 e. The van der Waals surface area contributed by atoms with Crippen LogP contribution in [0.5, 0.6) is 5.75 Å². The zero-order valence-electron chi connectivity index (χ0n) is 12.8. The van der Waals surface area contributed by atoms with Gasteiger partial charge in [0.1, 0.15) is 5.75 Å².